The number of piperidine rings is 1. The molecule has 2 atom stereocenters. The summed E-state index contributed by atoms with van der Waals surface area (Å²) in [5, 5.41) is 3.10. The second-order valence-electron chi connectivity index (χ2n) is 8.18. The molecule has 1 heterocycles. The Labute approximate surface area is 168 Å². The number of hydrogen-bond acceptors (Lipinski definition) is 3. The molecular formula is C24H32N2O2. The summed E-state index contributed by atoms with van der Waals surface area (Å²) in [6.07, 6.45) is 1.31. The van der Waals surface area contributed by atoms with E-state index >= 15 is 0 Å². The summed E-state index contributed by atoms with van der Waals surface area (Å²) >= 11 is 0. The van der Waals surface area contributed by atoms with Crippen molar-refractivity contribution in [2.45, 2.75) is 40.0 Å². The molecule has 28 heavy (non-hydrogen) atoms. The van der Waals surface area contributed by atoms with Gasteiger partial charge in [0.1, 0.15) is 0 Å². The van der Waals surface area contributed by atoms with Gasteiger partial charge in [0, 0.05) is 38.9 Å². The molecule has 0 aliphatic carbocycles. The van der Waals surface area contributed by atoms with Crippen molar-refractivity contribution in [3.05, 3.63) is 70.8 Å². The van der Waals surface area contributed by atoms with E-state index in [-0.39, 0.29) is 5.91 Å². The van der Waals surface area contributed by atoms with Crippen LogP contribution in [0.2, 0.25) is 0 Å². The molecule has 1 fully saturated rings. The quantitative estimate of drug-likeness (QED) is 0.781. The van der Waals surface area contributed by atoms with Crippen LogP contribution in [0.1, 0.15) is 47.3 Å². The fourth-order valence-corrected chi connectivity index (χ4v) is 4.34. The standard InChI is InChI=1S/C24H32N2O2/c1-18-12-19(2)15-26(14-18)16-21-9-5-4-8-20(21)13-25-24(27)23-11-7-6-10-22(23)17-28-3/h4-11,18-19H,12-17H2,1-3H3,(H,25,27)/t18-,19+. The molecule has 1 saturated heterocycles. The highest BCUT2D eigenvalue weighted by Crippen LogP contribution is 2.23. The van der Waals surface area contributed by atoms with Crippen LogP contribution in [0, 0.1) is 11.8 Å². The number of carbonyl (C=O) groups excluding carboxylic acids is 1. The van der Waals surface area contributed by atoms with Gasteiger partial charge in [0.2, 0.25) is 0 Å². The van der Waals surface area contributed by atoms with Crippen LogP contribution in [0.5, 0.6) is 0 Å². The fraction of sp³-hybridized carbons (Fsp3) is 0.458. The summed E-state index contributed by atoms with van der Waals surface area (Å²) in [6.45, 7) is 8.89. The van der Waals surface area contributed by atoms with Gasteiger partial charge in [-0.05, 0) is 41.0 Å². The average molecular weight is 381 g/mol. The molecule has 2 aromatic carbocycles. The van der Waals surface area contributed by atoms with Crippen molar-refractivity contribution in [3.8, 4) is 0 Å². The Morgan fingerprint density at radius 2 is 1.61 bits per heavy atom. The third-order valence-electron chi connectivity index (χ3n) is 5.46. The Kier molecular flexibility index (Phi) is 7.24. The lowest BCUT2D eigenvalue weighted by Crippen LogP contribution is -2.38. The van der Waals surface area contributed by atoms with Crippen molar-refractivity contribution in [1.29, 1.82) is 0 Å². The number of rotatable bonds is 7. The van der Waals surface area contributed by atoms with Crippen molar-refractivity contribution >= 4 is 5.91 Å². The Balaban J connectivity index is 1.66. The smallest absolute Gasteiger partial charge is 0.251 e. The highest BCUT2D eigenvalue weighted by Gasteiger charge is 2.22. The molecule has 150 valence electrons. The number of amides is 1. The normalized spacial score (nSPS) is 20.1. The maximum atomic E-state index is 12.7. The molecule has 3 rings (SSSR count). The van der Waals surface area contributed by atoms with E-state index in [9.17, 15) is 4.79 Å². The lowest BCUT2D eigenvalue weighted by molar-refractivity contribution is 0.0945. The summed E-state index contributed by atoms with van der Waals surface area (Å²) in [4.78, 5) is 15.3. The van der Waals surface area contributed by atoms with Gasteiger partial charge in [-0.1, -0.05) is 56.3 Å². The number of nitrogens with one attached hydrogen (secondary N) is 1. The molecule has 4 nitrogen and oxygen atoms in total. The van der Waals surface area contributed by atoms with Gasteiger partial charge in [-0.25, -0.2) is 0 Å². The SMILES string of the molecule is COCc1ccccc1C(=O)NCc1ccccc1CN1C[C@H](C)C[C@H](C)C1. The van der Waals surface area contributed by atoms with Gasteiger partial charge in [0.25, 0.3) is 5.91 Å². The molecule has 1 aliphatic rings. The zero-order valence-corrected chi connectivity index (χ0v) is 17.3. The Bertz CT molecular complexity index is 780. The number of hydrogen-bond donors (Lipinski definition) is 1. The van der Waals surface area contributed by atoms with Gasteiger partial charge < -0.3 is 10.1 Å². The molecule has 0 spiro atoms. The van der Waals surface area contributed by atoms with Crippen LogP contribution in [0.3, 0.4) is 0 Å². The number of methoxy groups -OCH3 is 1. The first-order valence-electron chi connectivity index (χ1n) is 10.2. The van der Waals surface area contributed by atoms with Crippen LogP contribution >= 0.6 is 0 Å². The second kappa shape index (κ2) is 9.85. The van der Waals surface area contributed by atoms with E-state index < -0.39 is 0 Å². The lowest BCUT2D eigenvalue weighted by atomic mass is 9.91. The van der Waals surface area contributed by atoms with E-state index in [4.69, 9.17) is 4.74 Å². The van der Waals surface area contributed by atoms with E-state index in [2.05, 4.69) is 42.3 Å². The molecule has 2 aromatic rings. The molecule has 0 bridgehead atoms. The number of nitrogens with zero attached hydrogens (tertiary/aromatic N) is 1. The minimum atomic E-state index is -0.0531. The first kappa shape index (κ1) is 20.6. The maximum absolute atomic E-state index is 12.7. The molecular weight excluding hydrogens is 348 g/mol. The van der Waals surface area contributed by atoms with Crippen LogP contribution in [0.4, 0.5) is 0 Å². The third kappa shape index (κ3) is 5.43. The van der Waals surface area contributed by atoms with E-state index in [0.29, 0.717) is 18.7 Å². The Morgan fingerprint density at radius 1 is 1.00 bits per heavy atom. The maximum Gasteiger partial charge on any atom is 0.251 e. The van der Waals surface area contributed by atoms with Crippen molar-refractivity contribution in [1.82, 2.24) is 10.2 Å². The van der Waals surface area contributed by atoms with Crippen LogP contribution in [-0.4, -0.2) is 31.0 Å². The van der Waals surface area contributed by atoms with Gasteiger partial charge in [0.05, 0.1) is 6.61 Å². The number of ether oxygens (including phenoxy) is 1. The zero-order valence-electron chi connectivity index (χ0n) is 17.3. The largest absolute Gasteiger partial charge is 0.380 e. The van der Waals surface area contributed by atoms with Gasteiger partial charge >= 0.3 is 0 Å². The molecule has 0 saturated carbocycles. The van der Waals surface area contributed by atoms with Gasteiger partial charge in [-0.3, -0.25) is 9.69 Å². The van der Waals surface area contributed by atoms with Crippen molar-refractivity contribution in [2.24, 2.45) is 11.8 Å². The Hall–Kier alpha value is -2.17. The molecule has 1 amide bonds. The average Bonchev–Trinajstić information content (AvgIpc) is 2.67. The van der Waals surface area contributed by atoms with Gasteiger partial charge in [0.15, 0.2) is 0 Å². The predicted octanol–water partition coefficient (Wildman–Crippen LogP) is 4.24. The first-order valence-corrected chi connectivity index (χ1v) is 10.2. The molecule has 1 aliphatic heterocycles. The first-order chi connectivity index (χ1) is 13.6. The second-order valence-corrected chi connectivity index (χ2v) is 8.18. The van der Waals surface area contributed by atoms with Crippen LogP contribution in [0.25, 0.3) is 0 Å². The number of likely N-dealkylation sites (tertiary alicyclic amines) is 1. The van der Waals surface area contributed by atoms with Crippen molar-refractivity contribution < 1.29 is 9.53 Å². The molecule has 4 heteroatoms. The lowest BCUT2D eigenvalue weighted by Gasteiger charge is -2.35. The van der Waals surface area contributed by atoms with Crippen LogP contribution in [-0.2, 0) is 24.4 Å². The highest BCUT2D eigenvalue weighted by molar-refractivity contribution is 5.95. The van der Waals surface area contributed by atoms with Crippen molar-refractivity contribution in [3.63, 3.8) is 0 Å². The summed E-state index contributed by atoms with van der Waals surface area (Å²) < 4.78 is 5.22. The third-order valence-corrected chi connectivity index (χ3v) is 5.46. The molecule has 1 N–H and O–H groups in total. The van der Waals surface area contributed by atoms with E-state index in [1.54, 1.807) is 7.11 Å². The summed E-state index contributed by atoms with van der Waals surface area (Å²) in [7, 11) is 1.65. The number of benzene rings is 2. The van der Waals surface area contributed by atoms with Gasteiger partial charge in [-0.15, -0.1) is 0 Å². The fourth-order valence-electron chi connectivity index (χ4n) is 4.34. The summed E-state index contributed by atoms with van der Waals surface area (Å²) in [5.41, 5.74) is 4.08. The van der Waals surface area contributed by atoms with E-state index in [1.165, 1.54) is 17.5 Å². The Morgan fingerprint density at radius 3 is 2.29 bits per heavy atom. The number of carbonyl (C=O) groups is 1. The monoisotopic (exact) mass is 380 g/mol. The molecule has 0 aromatic heterocycles. The van der Waals surface area contributed by atoms with E-state index in [1.807, 2.05) is 30.3 Å². The highest BCUT2D eigenvalue weighted by atomic mass is 16.5. The van der Waals surface area contributed by atoms with Crippen molar-refractivity contribution in [2.75, 3.05) is 20.2 Å². The zero-order chi connectivity index (χ0) is 19.9. The van der Waals surface area contributed by atoms with Crippen LogP contribution in [0.15, 0.2) is 48.5 Å². The van der Waals surface area contributed by atoms with Crippen LogP contribution < -0.4 is 5.32 Å². The topological polar surface area (TPSA) is 41.6 Å². The van der Waals surface area contributed by atoms with Gasteiger partial charge in [-0.2, -0.15) is 0 Å². The summed E-state index contributed by atoms with van der Waals surface area (Å²) in [6, 6.07) is 16.0. The minimum Gasteiger partial charge on any atom is -0.380 e. The van der Waals surface area contributed by atoms with E-state index in [0.717, 1.165) is 37.0 Å². The molecule has 0 unspecified atom stereocenters. The predicted molar refractivity (Wildman–Crippen MR) is 113 cm³/mol. The molecule has 0 radical (unpaired) electrons. The summed E-state index contributed by atoms with van der Waals surface area (Å²) in [5.74, 6) is 1.43. The minimum absolute atomic E-state index is 0.0531.